The molecule has 1 aliphatic rings. The predicted octanol–water partition coefficient (Wildman–Crippen LogP) is 3.42. The number of phenols is 2. The fourth-order valence-corrected chi connectivity index (χ4v) is 4.41. The summed E-state index contributed by atoms with van der Waals surface area (Å²) in [6.45, 7) is 10.8. The minimum Gasteiger partial charge on any atom is -0.508 e. The smallest absolute Gasteiger partial charge is 0.289 e. The number of rotatable bonds is 7. The molecule has 37 heavy (non-hydrogen) atoms. The number of aromatic hydroxyl groups is 2. The van der Waals surface area contributed by atoms with Gasteiger partial charge in [0, 0.05) is 51.2 Å². The lowest BCUT2D eigenvalue weighted by Crippen LogP contribution is -2.40. The van der Waals surface area contributed by atoms with Crippen molar-refractivity contribution in [2.45, 2.75) is 45.6 Å². The summed E-state index contributed by atoms with van der Waals surface area (Å²) in [5.41, 5.74) is 1.58. The van der Waals surface area contributed by atoms with Crippen molar-refractivity contribution < 1.29 is 24.5 Å². The summed E-state index contributed by atoms with van der Waals surface area (Å²) in [6, 6.07) is 10.1. The first-order valence-electron chi connectivity index (χ1n) is 12.4. The molecule has 0 saturated carbocycles. The zero-order valence-corrected chi connectivity index (χ0v) is 21.3. The molecule has 10 heteroatoms. The highest BCUT2D eigenvalue weighted by Crippen LogP contribution is 2.38. The van der Waals surface area contributed by atoms with Crippen LogP contribution in [0.4, 0.5) is 0 Å². The van der Waals surface area contributed by atoms with Crippen LogP contribution in [-0.2, 0) is 4.79 Å². The van der Waals surface area contributed by atoms with E-state index < -0.39 is 5.91 Å². The number of piperidine rings is 1. The van der Waals surface area contributed by atoms with E-state index in [1.165, 1.54) is 6.07 Å². The molecule has 0 atom stereocenters. The second kappa shape index (κ2) is 10.9. The molecule has 3 aromatic rings. The number of nitrogens with zero attached hydrogens (tertiary/aromatic N) is 4. The predicted molar refractivity (Wildman–Crippen MR) is 138 cm³/mol. The zero-order chi connectivity index (χ0) is 26.7. The van der Waals surface area contributed by atoms with Gasteiger partial charge in [-0.25, -0.2) is 0 Å². The average Bonchev–Trinajstić information content (AvgIpc) is 3.30. The highest BCUT2D eigenvalue weighted by molar-refractivity contribution is 5.92. The molecule has 4 rings (SSSR count). The lowest BCUT2D eigenvalue weighted by atomic mass is 9.98. The molecule has 10 nitrogen and oxygen atoms in total. The van der Waals surface area contributed by atoms with Gasteiger partial charge in [0.05, 0.1) is 5.56 Å². The van der Waals surface area contributed by atoms with E-state index in [1.807, 2.05) is 20.8 Å². The van der Waals surface area contributed by atoms with Crippen LogP contribution in [0.2, 0.25) is 0 Å². The summed E-state index contributed by atoms with van der Waals surface area (Å²) >= 11 is 0. The number of ether oxygens (including phenoxy) is 1. The molecule has 0 spiro atoms. The van der Waals surface area contributed by atoms with Crippen LogP contribution in [0.5, 0.6) is 17.2 Å². The van der Waals surface area contributed by atoms with E-state index in [1.54, 1.807) is 39.8 Å². The van der Waals surface area contributed by atoms with Crippen molar-refractivity contribution in [1.29, 1.82) is 0 Å². The largest absolute Gasteiger partial charge is 0.508 e. The number of phenolic OH excluding ortho intramolecular Hbond substituents is 2. The quantitative estimate of drug-likeness (QED) is 0.448. The lowest BCUT2D eigenvalue weighted by molar-refractivity contribution is -0.128. The Labute approximate surface area is 215 Å². The maximum Gasteiger partial charge on any atom is 0.289 e. The number of amides is 2. The van der Waals surface area contributed by atoms with Gasteiger partial charge in [-0.05, 0) is 48.7 Å². The van der Waals surface area contributed by atoms with Crippen LogP contribution in [0.3, 0.4) is 0 Å². The monoisotopic (exact) mass is 506 g/mol. The minimum atomic E-state index is -0.407. The first-order valence-corrected chi connectivity index (χ1v) is 12.4. The maximum absolute atomic E-state index is 12.8. The molecular weight excluding hydrogens is 474 g/mol. The van der Waals surface area contributed by atoms with Crippen molar-refractivity contribution in [3.05, 3.63) is 54.7 Å². The number of aromatic nitrogens is 3. The van der Waals surface area contributed by atoms with Crippen LogP contribution < -0.4 is 10.1 Å². The van der Waals surface area contributed by atoms with Gasteiger partial charge in [-0.1, -0.05) is 13.8 Å². The number of likely N-dealkylation sites (tertiary alicyclic amines) is 1. The van der Waals surface area contributed by atoms with Gasteiger partial charge in [-0.15, -0.1) is 10.2 Å². The maximum atomic E-state index is 12.8. The Hall–Kier alpha value is -4.08. The summed E-state index contributed by atoms with van der Waals surface area (Å²) in [6.07, 6.45) is 1.43. The fraction of sp³-hybridized carbons (Fsp3) is 0.370. The molecule has 1 aliphatic heterocycles. The second-order valence-corrected chi connectivity index (χ2v) is 9.32. The van der Waals surface area contributed by atoms with E-state index in [2.05, 4.69) is 22.4 Å². The van der Waals surface area contributed by atoms with Gasteiger partial charge < -0.3 is 25.2 Å². The number of hydrogen-bond donors (Lipinski definition) is 3. The van der Waals surface area contributed by atoms with Gasteiger partial charge in [0.25, 0.3) is 5.91 Å². The zero-order valence-electron chi connectivity index (χ0n) is 21.3. The van der Waals surface area contributed by atoms with Crippen LogP contribution in [-0.4, -0.2) is 67.4 Å². The van der Waals surface area contributed by atoms with Gasteiger partial charge in [-0.3, -0.25) is 14.2 Å². The van der Waals surface area contributed by atoms with E-state index in [4.69, 9.17) is 4.74 Å². The van der Waals surface area contributed by atoms with E-state index in [-0.39, 0.29) is 41.1 Å². The number of nitrogens with one attached hydrogen (secondary N) is 1. The highest BCUT2D eigenvalue weighted by atomic mass is 16.5. The first-order chi connectivity index (χ1) is 17.7. The van der Waals surface area contributed by atoms with Gasteiger partial charge in [-0.2, -0.15) is 0 Å². The third-order valence-electron chi connectivity index (χ3n) is 6.40. The Bertz CT molecular complexity index is 1280. The van der Waals surface area contributed by atoms with E-state index in [9.17, 15) is 19.8 Å². The summed E-state index contributed by atoms with van der Waals surface area (Å²) in [5.74, 6) is 0.212. The summed E-state index contributed by atoms with van der Waals surface area (Å²) in [5, 5.41) is 32.1. The standard InChI is InChI=1S/C27H32N5O5/c1-5-28-27(36)26-30-29-25(22-14-21(16(2)3)23(34)15-24(22)35)32(26)18-6-8-19(9-7-18)37-20-10-12-31(13-11-20)17(4)33/h6-9,14-16,20,34-35H,4-5,10-13H2,1-3H3,(H,28,36). The van der Waals surface area contributed by atoms with Crippen molar-refractivity contribution in [1.82, 2.24) is 25.0 Å². The molecule has 2 amide bonds. The van der Waals surface area contributed by atoms with Crippen LogP contribution >= 0.6 is 0 Å². The SMILES string of the molecule is [CH2]C(=O)N1CCC(Oc2ccc(-n3c(C(=O)NCC)nnc3-c3cc(C(C)C)c(O)cc3O)cc2)CC1. The van der Waals surface area contributed by atoms with Crippen molar-refractivity contribution in [3.63, 3.8) is 0 Å². The molecule has 2 heterocycles. The van der Waals surface area contributed by atoms with Crippen LogP contribution in [0.1, 0.15) is 55.7 Å². The average molecular weight is 507 g/mol. The molecule has 195 valence electrons. The van der Waals surface area contributed by atoms with Gasteiger partial charge in [0.15, 0.2) is 5.82 Å². The third-order valence-corrected chi connectivity index (χ3v) is 6.40. The molecule has 3 N–H and O–H groups in total. The Morgan fingerprint density at radius 3 is 2.38 bits per heavy atom. The number of benzene rings is 2. The normalized spacial score (nSPS) is 14.1. The Balaban J connectivity index is 1.67. The van der Waals surface area contributed by atoms with Crippen molar-refractivity contribution >= 4 is 11.8 Å². The van der Waals surface area contributed by atoms with Gasteiger partial charge in [0.1, 0.15) is 23.4 Å². The number of carbonyl (C=O) groups is 2. The molecular formula is C27H32N5O5. The number of hydrogen-bond acceptors (Lipinski definition) is 7. The third kappa shape index (κ3) is 5.52. The Kier molecular flexibility index (Phi) is 7.66. The molecule has 1 aromatic heterocycles. The van der Waals surface area contributed by atoms with Gasteiger partial charge in [0.2, 0.25) is 11.7 Å². The van der Waals surface area contributed by atoms with Crippen molar-refractivity contribution in [3.8, 4) is 34.3 Å². The van der Waals surface area contributed by atoms with Gasteiger partial charge >= 0.3 is 0 Å². The van der Waals surface area contributed by atoms with Crippen molar-refractivity contribution in [2.24, 2.45) is 0 Å². The van der Waals surface area contributed by atoms with Crippen molar-refractivity contribution in [2.75, 3.05) is 19.6 Å². The highest BCUT2D eigenvalue weighted by Gasteiger charge is 2.25. The Morgan fingerprint density at radius 2 is 1.78 bits per heavy atom. The van der Waals surface area contributed by atoms with E-state index in [0.29, 0.717) is 42.2 Å². The van der Waals surface area contributed by atoms with E-state index >= 15 is 0 Å². The summed E-state index contributed by atoms with van der Waals surface area (Å²) in [7, 11) is 0. The molecule has 1 saturated heterocycles. The van der Waals surface area contributed by atoms with Crippen LogP contribution in [0.15, 0.2) is 36.4 Å². The molecule has 0 aliphatic carbocycles. The molecule has 2 aromatic carbocycles. The first kappa shape index (κ1) is 26.0. The topological polar surface area (TPSA) is 130 Å². The lowest BCUT2D eigenvalue weighted by Gasteiger charge is -2.31. The fourth-order valence-electron chi connectivity index (χ4n) is 4.41. The molecule has 0 bridgehead atoms. The number of carbonyl (C=O) groups excluding carboxylic acids is 2. The minimum absolute atomic E-state index is 0.00593. The molecule has 0 unspecified atom stereocenters. The second-order valence-electron chi connectivity index (χ2n) is 9.32. The molecule has 1 radical (unpaired) electrons. The summed E-state index contributed by atoms with van der Waals surface area (Å²) in [4.78, 5) is 26.0. The van der Waals surface area contributed by atoms with Crippen LogP contribution in [0.25, 0.3) is 17.1 Å². The Morgan fingerprint density at radius 1 is 1.11 bits per heavy atom. The molecule has 1 fully saturated rings. The van der Waals surface area contributed by atoms with Crippen LogP contribution in [0, 0.1) is 6.92 Å². The summed E-state index contributed by atoms with van der Waals surface area (Å²) < 4.78 is 7.69. The van der Waals surface area contributed by atoms with E-state index in [0.717, 1.165) is 12.8 Å².